The summed E-state index contributed by atoms with van der Waals surface area (Å²) in [5.41, 5.74) is 0.401. The number of hydrogen-bond donors (Lipinski definition) is 1. The number of aliphatic hydroxyl groups is 1. The van der Waals surface area contributed by atoms with E-state index in [1.807, 2.05) is 6.07 Å². The molecule has 3 rings (SSSR count). The van der Waals surface area contributed by atoms with Crippen LogP contribution in [-0.4, -0.2) is 11.2 Å². The minimum Gasteiger partial charge on any atom is -0.378 e. The van der Waals surface area contributed by atoms with Crippen LogP contribution in [0.1, 0.15) is 51.4 Å². The van der Waals surface area contributed by atoms with E-state index in [4.69, 9.17) is 4.52 Å². The first-order valence-electron chi connectivity index (χ1n) is 10.1. The third-order valence-electron chi connectivity index (χ3n) is 5.86. The molecule has 0 aromatic heterocycles. The van der Waals surface area contributed by atoms with Gasteiger partial charge < -0.3 is 9.63 Å². The lowest BCUT2D eigenvalue weighted by molar-refractivity contribution is 0.0427. The molecule has 3 nitrogen and oxygen atoms in total. The average Bonchev–Trinajstić information content (AvgIpc) is 2.68. The van der Waals surface area contributed by atoms with Crippen molar-refractivity contribution in [3.05, 3.63) is 66.0 Å². The Morgan fingerprint density at radius 3 is 2.32 bits per heavy atom. The minimum atomic E-state index is -3.64. The zero-order valence-electron chi connectivity index (χ0n) is 16.8. The standard InChI is InChI=1S/C23H30FO3P/c1-16(2)21-14-9-17(3)15-22(21)27-28(26,20-7-5-4-6-8-20)23(25)18-10-12-19(24)13-11-18/h4-8,10-13,16-17,21-23,25H,9,14-15H2,1-3H3/t17-,21-,22-,23-,28+/m1/s1. The molecular weight excluding hydrogens is 374 g/mol. The molecule has 2 aromatic carbocycles. The molecule has 1 aliphatic carbocycles. The lowest BCUT2D eigenvalue weighted by atomic mass is 9.75. The number of aliphatic hydroxyl groups excluding tert-OH is 1. The highest BCUT2D eigenvalue weighted by Gasteiger charge is 2.42. The van der Waals surface area contributed by atoms with Gasteiger partial charge in [0.25, 0.3) is 7.37 Å². The van der Waals surface area contributed by atoms with Gasteiger partial charge in [0, 0.05) is 5.30 Å². The molecule has 2 aromatic rings. The number of halogens is 1. The van der Waals surface area contributed by atoms with Crippen LogP contribution in [0.4, 0.5) is 4.39 Å². The monoisotopic (exact) mass is 404 g/mol. The van der Waals surface area contributed by atoms with Crippen molar-refractivity contribution in [1.29, 1.82) is 0 Å². The SMILES string of the molecule is CC(C)[C@H]1CC[C@@H](C)C[C@H]1O[P@@](=O)(c1ccccc1)[C@@H](O)c1ccc(F)cc1. The summed E-state index contributed by atoms with van der Waals surface area (Å²) in [5, 5.41) is 11.6. The molecular formula is C23H30FO3P. The Kier molecular flexibility index (Phi) is 6.75. The van der Waals surface area contributed by atoms with Gasteiger partial charge in [-0.05, 0) is 60.4 Å². The normalized spacial score (nSPS) is 26.0. The third kappa shape index (κ3) is 4.56. The van der Waals surface area contributed by atoms with Gasteiger partial charge in [-0.25, -0.2) is 4.39 Å². The van der Waals surface area contributed by atoms with E-state index in [1.54, 1.807) is 24.3 Å². The van der Waals surface area contributed by atoms with Crippen molar-refractivity contribution in [1.82, 2.24) is 0 Å². The van der Waals surface area contributed by atoms with Crippen molar-refractivity contribution >= 4 is 12.7 Å². The molecule has 1 fully saturated rings. The van der Waals surface area contributed by atoms with E-state index in [0.29, 0.717) is 28.6 Å². The van der Waals surface area contributed by atoms with Crippen LogP contribution in [0.25, 0.3) is 0 Å². The van der Waals surface area contributed by atoms with Crippen molar-refractivity contribution in [2.24, 2.45) is 17.8 Å². The minimum absolute atomic E-state index is 0.176. The molecule has 5 heteroatoms. The molecule has 5 atom stereocenters. The Bertz CT molecular complexity index is 806. The Morgan fingerprint density at radius 2 is 1.71 bits per heavy atom. The first kappa shape index (κ1) is 21.2. The molecule has 0 aliphatic heterocycles. The molecule has 1 aliphatic rings. The molecule has 0 radical (unpaired) electrons. The lowest BCUT2D eigenvalue weighted by Crippen LogP contribution is -2.35. The van der Waals surface area contributed by atoms with Gasteiger partial charge in [0.1, 0.15) is 5.82 Å². The first-order chi connectivity index (χ1) is 13.3. The highest BCUT2D eigenvalue weighted by molar-refractivity contribution is 7.67. The maximum atomic E-state index is 14.2. The van der Waals surface area contributed by atoms with E-state index in [-0.39, 0.29) is 6.10 Å². The van der Waals surface area contributed by atoms with Crippen LogP contribution in [0.15, 0.2) is 54.6 Å². The maximum Gasteiger partial charge on any atom is 0.264 e. The van der Waals surface area contributed by atoms with E-state index in [0.717, 1.165) is 19.3 Å². The third-order valence-corrected chi connectivity index (χ3v) is 8.40. The van der Waals surface area contributed by atoms with Crippen LogP contribution in [-0.2, 0) is 9.09 Å². The summed E-state index contributed by atoms with van der Waals surface area (Å²) >= 11 is 0. The second kappa shape index (κ2) is 8.90. The van der Waals surface area contributed by atoms with Gasteiger partial charge in [-0.3, -0.25) is 4.57 Å². The second-order valence-electron chi connectivity index (χ2n) is 8.33. The van der Waals surface area contributed by atoms with Crippen LogP contribution in [0.3, 0.4) is 0 Å². The van der Waals surface area contributed by atoms with Crippen molar-refractivity contribution in [2.75, 3.05) is 0 Å². The van der Waals surface area contributed by atoms with Crippen LogP contribution in [0, 0.1) is 23.6 Å². The Hall–Kier alpha value is -1.48. The largest absolute Gasteiger partial charge is 0.378 e. The summed E-state index contributed by atoms with van der Waals surface area (Å²) in [7, 11) is -3.64. The lowest BCUT2D eigenvalue weighted by Gasteiger charge is -2.39. The molecule has 1 saturated carbocycles. The van der Waals surface area contributed by atoms with E-state index in [2.05, 4.69) is 20.8 Å². The molecule has 0 bridgehead atoms. The van der Waals surface area contributed by atoms with Crippen LogP contribution >= 0.6 is 7.37 Å². The summed E-state index contributed by atoms with van der Waals surface area (Å²) in [6.07, 6.45) is 2.82. The van der Waals surface area contributed by atoms with Crippen LogP contribution in [0.5, 0.6) is 0 Å². The van der Waals surface area contributed by atoms with E-state index < -0.39 is 19.0 Å². The van der Waals surface area contributed by atoms with Crippen molar-refractivity contribution < 1.29 is 18.6 Å². The van der Waals surface area contributed by atoms with E-state index in [1.165, 1.54) is 24.3 Å². The fourth-order valence-electron chi connectivity index (χ4n) is 4.16. The smallest absolute Gasteiger partial charge is 0.264 e. The molecule has 0 unspecified atom stereocenters. The zero-order chi connectivity index (χ0) is 20.3. The fraction of sp³-hybridized carbons (Fsp3) is 0.478. The van der Waals surface area contributed by atoms with Gasteiger partial charge in [0.2, 0.25) is 0 Å². The van der Waals surface area contributed by atoms with Gasteiger partial charge in [-0.2, -0.15) is 0 Å². The molecule has 0 spiro atoms. The van der Waals surface area contributed by atoms with Gasteiger partial charge >= 0.3 is 0 Å². The van der Waals surface area contributed by atoms with Crippen LogP contribution < -0.4 is 5.30 Å². The predicted octanol–water partition coefficient (Wildman–Crippen LogP) is 5.90. The van der Waals surface area contributed by atoms with Crippen molar-refractivity contribution in [3.8, 4) is 0 Å². The molecule has 1 N–H and O–H groups in total. The Labute approximate surface area is 167 Å². The highest BCUT2D eigenvalue weighted by atomic mass is 31.2. The Morgan fingerprint density at radius 1 is 1.07 bits per heavy atom. The molecule has 0 saturated heterocycles. The second-order valence-corrected chi connectivity index (χ2v) is 10.7. The van der Waals surface area contributed by atoms with Crippen molar-refractivity contribution in [3.63, 3.8) is 0 Å². The number of benzene rings is 2. The highest BCUT2D eigenvalue weighted by Crippen LogP contribution is 2.60. The summed E-state index contributed by atoms with van der Waals surface area (Å²) in [4.78, 5) is 0. The first-order valence-corrected chi connectivity index (χ1v) is 11.8. The maximum absolute atomic E-state index is 14.2. The van der Waals surface area contributed by atoms with E-state index in [9.17, 15) is 14.1 Å². The molecule has 28 heavy (non-hydrogen) atoms. The number of rotatable bonds is 6. The molecule has 152 valence electrons. The Balaban J connectivity index is 1.99. The summed E-state index contributed by atoms with van der Waals surface area (Å²) < 4.78 is 33.9. The van der Waals surface area contributed by atoms with Gasteiger partial charge in [0.15, 0.2) is 5.85 Å². The van der Waals surface area contributed by atoms with Gasteiger partial charge in [-0.1, -0.05) is 57.5 Å². The predicted molar refractivity (Wildman–Crippen MR) is 111 cm³/mol. The van der Waals surface area contributed by atoms with E-state index >= 15 is 0 Å². The molecule has 0 heterocycles. The van der Waals surface area contributed by atoms with Crippen molar-refractivity contribution in [2.45, 2.75) is 52.0 Å². The summed E-state index contributed by atoms with van der Waals surface area (Å²) in [6, 6.07) is 14.4. The summed E-state index contributed by atoms with van der Waals surface area (Å²) in [5.74, 6) is -0.529. The van der Waals surface area contributed by atoms with Gasteiger partial charge in [0.05, 0.1) is 6.10 Å². The number of hydrogen-bond acceptors (Lipinski definition) is 3. The molecule has 0 amide bonds. The average molecular weight is 404 g/mol. The van der Waals surface area contributed by atoms with Crippen LogP contribution in [0.2, 0.25) is 0 Å². The summed E-state index contributed by atoms with van der Waals surface area (Å²) in [6.45, 7) is 6.53. The zero-order valence-corrected chi connectivity index (χ0v) is 17.7. The van der Waals surface area contributed by atoms with Gasteiger partial charge in [-0.15, -0.1) is 0 Å². The topological polar surface area (TPSA) is 46.5 Å². The fourth-order valence-corrected chi connectivity index (χ4v) is 6.48. The quantitative estimate of drug-likeness (QED) is 0.610.